The topological polar surface area (TPSA) is 41.5 Å². The quantitative estimate of drug-likeness (QED) is 0.803. The van der Waals surface area contributed by atoms with Crippen LogP contribution in [-0.4, -0.2) is 25.8 Å². The standard InChI is InChI=1S/C10H12ClF2NO2/c1-14-4-7(15)5-3-6(11)8(12)9(13)10(5)16-2/h3,7,14-15H,4H2,1-2H3. The summed E-state index contributed by atoms with van der Waals surface area (Å²) in [6.07, 6.45) is -1.02. The van der Waals surface area contributed by atoms with Gasteiger partial charge in [0.1, 0.15) is 0 Å². The van der Waals surface area contributed by atoms with Crippen LogP contribution in [0.5, 0.6) is 5.75 Å². The molecule has 1 aromatic carbocycles. The number of hydrogen-bond acceptors (Lipinski definition) is 3. The predicted molar refractivity (Wildman–Crippen MR) is 56.8 cm³/mol. The molecule has 0 spiro atoms. The van der Waals surface area contributed by atoms with Crippen LogP contribution in [0, 0.1) is 11.6 Å². The molecule has 6 heteroatoms. The Labute approximate surface area is 97.0 Å². The molecular weight excluding hydrogens is 240 g/mol. The van der Waals surface area contributed by atoms with Crippen LogP contribution in [0.4, 0.5) is 8.78 Å². The predicted octanol–water partition coefficient (Wildman–Crippen LogP) is 1.88. The Balaban J connectivity index is 3.27. The van der Waals surface area contributed by atoms with Crippen LogP contribution in [0.25, 0.3) is 0 Å². The highest BCUT2D eigenvalue weighted by molar-refractivity contribution is 6.30. The number of hydrogen-bond donors (Lipinski definition) is 2. The number of aliphatic hydroxyl groups excluding tert-OH is 1. The van der Waals surface area contributed by atoms with Crippen molar-refractivity contribution in [1.82, 2.24) is 5.32 Å². The lowest BCUT2D eigenvalue weighted by molar-refractivity contribution is 0.172. The molecule has 16 heavy (non-hydrogen) atoms. The molecule has 3 nitrogen and oxygen atoms in total. The highest BCUT2D eigenvalue weighted by Crippen LogP contribution is 2.33. The molecule has 90 valence electrons. The van der Waals surface area contributed by atoms with E-state index in [9.17, 15) is 13.9 Å². The Hall–Kier alpha value is -0.910. The van der Waals surface area contributed by atoms with Gasteiger partial charge in [-0.05, 0) is 13.1 Å². The third kappa shape index (κ3) is 2.42. The number of halogens is 3. The van der Waals surface area contributed by atoms with Gasteiger partial charge < -0.3 is 15.2 Å². The van der Waals surface area contributed by atoms with Crippen molar-refractivity contribution in [3.8, 4) is 5.75 Å². The second kappa shape index (κ2) is 5.43. The maximum Gasteiger partial charge on any atom is 0.202 e. The van der Waals surface area contributed by atoms with Gasteiger partial charge in [-0.15, -0.1) is 0 Å². The lowest BCUT2D eigenvalue weighted by atomic mass is 10.1. The van der Waals surface area contributed by atoms with E-state index in [0.717, 1.165) is 6.07 Å². The zero-order chi connectivity index (χ0) is 12.3. The van der Waals surface area contributed by atoms with Crippen LogP contribution in [-0.2, 0) is 0 Å². The SMILES string of the molecule is CNCC(O)c1cc(Cl)c(F)c(F)c1OC. The highest BCUT2D eigenvalue weighted by Gasteiger charge is 2.22. The van der Waals surface area contributed by atoms with Crippen molar-refractivity contribution in [2.75, 3.05) is 20.7 Å². The summed E-state index contributed by atoms with van der Waals surface area (Å²) < 4.78 is 31.2. The van der Waals surface area contributed by atoms with Crippen molar-refractivity contribution in [2.45, 2.75) is 6.10 Å². The third-order valence-electron chi connectivity index (χ3n) is 2.11. The Kier molecular flexibility index (Phi) is 4.46. The van der Waals surface area contributed by atoms with E-state index >= 15 is 0 Å². The van der Waals surface area contributed by atoms with E-state index in [2.05, 4.69) is 5.32 Å². The number of ether oxygens (including phenoxy) is 1. The minimum atomic E-state index is -1.19. The second-order valence-electron chi connectivity index (χ2n) is 3.18. The summed E-state index contributed by atoms with van der Waals surface area (Å²) in [5.74, 6) is -2.70. The summed E-state index contributed by atoms with van der Waals surface area (Å²) in [4.78, 5) is 0. The fourth-order valence-electron chi connectivity index (χ4n) is 1.35. The smallest absolute Gasteiger partial charge is 0.202 e. The molecule has 0 aromatic heterocycles. The van der Waals surface area contributed by atoms with E-state index < -0.39 is 17.7 Å². The molecule has 0 aliphatic carbocycles. The van der Waals surface area contributed by atoms with Crippen LogP contribution in [0.2, 0.25) is 5.02 Å². The van der Waals surface area contributed by atoms with Gasteiger partial charge in [-0.25, -0.2) is 4.39 Å². The van der Waals surface area contributed by atoms with E-state index in [1.54, 1.807) is 7.05 Å². The summed E-state index contributed by atoms with van der Waals surface area (Å²) in [5.41, 5.74) is 0.112. The molecule has 0 radical (unpaired) electrons. The lowest BCUT2D eigenvalue weighted by Gasteiger charge is -2.16. The molecule has 0 bridgehead atoms. The minimum Gasteiger partial charge on any atom is -0.493 e. The number of rotatable bonds is 4. The van der Waals surface area contributed by atoms with Crippen LogP contribution < -0.4 is 10.1 Å². The molecule has 2 N–H and O–H groups in total. The van der Waals surface area contributed by atoms with Gasteiger partial charge in [-0.2, -0.15) is 4.39 Å². The minimum absolute atomic E-state index is 0.112. The van der Waals surface area contributed by atoms with Crippen molar-refractivity contribution in [1.29, 1.82) is 0 Å². The first-order valence-electron chi connectivity index (χ1n) is 4.57. The molecule has 0 fully saturated rings. The Bertz CT molecular complexity index is 388. The number of aliphatic hydroxyl groups is 1. The first kappa shape index (κ1) is 13.2. The van der Waals surface area contributed by atoms with Crippen molar-refractivity contribution in [2.24, 2.45) is 0 Å². The number of nitrogens with one attached hydrogen (secondary N) is 1. The van der Waals surface area contributed by atoms with E-state index in [1.807, 2.05) is 0 Å². The van der Waals surface area contributed by atoms with Crippen LogP contribution in [0.1, 0.15) is 11.7 Å². The summed E-state index contributed by atoms with van der Waals surface area (Å²) in [7, 11) is 2.82. The Morgan fingerprint density at radius 2 is 2.12 bits per heavy atom. The van der Waals surface area contributed by atoms with Crippen molar-refractivity contribution < 1.29 is 18.6 Å². The first-order valence-corrected chi connectivity index (χ1v) is 4.94. The Morgan fingerprint density at radius 3 is 2.62 bits per heavy atom. The highest BCUT2D eigenvalue weighted by atomic mass is 35.5. The monoisotopic (exact) mass is 251 g/mol. The molecule has 1 unspecified atom stereocenters. The van der Waals surface area contributed by atoms with Gasteiger partial charge in [0.2, 0.25) is 5.82 Å². The largest absolute Gasteiger partial charge is 0.493 e. The molecule has 0 heterocycles. The summed E-state index contributed by atoms with van der Waals surface area (Å²) >= 11 is 5.49. The summed E-state index contributed by atoms with van der Waals surface area (Å²) in [5, 5.41) is 12.0. The number of methoxy groups -OCH3 is 1. The molecule has 1 atom stereocenters. The lowest BCUT2D eigenvalue weighted by Crippen LogP contribution is -2.18. The zero-order valence-corrected chi connectivity index (χ0v) is 9.61. The zero-order valence-electron chi connectivity index (χ0n) is 8.85. The van der Waals surface area contributed by atoms with E-state index in [-0.39, 0.29) is 22.9 Å². The maximum atomic E-state index is 13.4. The maximum absolute atomic E-state index is 13.4. The van der Waals surface area contributed by atoms with Gasteiger partial charge in [0, 0.05) is 12.1 Å². The molecule has 1 rings (SSSR count). The number of likely N-dealkylation sites (N-methyl/N-ethyl adjacent to an activating group) is 1. The molecule has 0 amide bonds. The molecule has 0 aliphatic heterocycles. The average Bonchev–Trinajstić information content (AvgIpc) is 2.26. The van der Waals surface area contributed by atoms with E-state index in [4.69, 9.17) is 16.3 Å². The van der Waals surface area contributed by atoms with Crippen LogP contribution >= 0.6 is 11.6 Å². The van der Waals surface area contributed by atoms with Gasteiger partial charge in [0.05, 0.1) is 18.2 Å². The van der Waals surface area contributed by atoms with Gasteiger partial charge in [-0.1, -0.05) is 11.6 Å². The average molecular weight is 252 g/mol. The fourth-order valence-corrected chi connectivity index (χ4v) is 1.56. The molecule has 0 saturated heterocycles. The van der Waals surface area contributed by atoms with Gasteiger partial charge in [-0.3, -0.25) is 0 Å². The van der Waals surface area contributed by atoms with Crippen LogP contribution in [0.15, 0.2) is 6.07 Å². The Morgan fingerprint density at radius 1 is 1.50 bits per heavy atom. The molecule has 0 aliphatic rings. The molecule has 1 aromatic rings. The van der Waals surface area contributed by atoms with Crippen molar-refractivity contribution in [3.63, 3.8) is 0 Å². The first-order chi connectivity index (χ1) is 7.52. The van der Waals surface area contributed by atoms with Crippen molar-refractivity contribution >= 4 is 11.6 Å². The summed E-state index contributed by atoms with van der Waals surface area (Å²) in [6, 6.07) is 1.15. The molecular formula is C10H12ClF2NO2. The third-order valence-corrected chi connectivity index (χ3v) is 2.38. The van der Waals surface area contributed by atoms with E-state index in [1.165, 1.54) is 7.11 Å². The van der Waals surface area contributed by atoms with Gasteiger partial charge >= 0.3 is 0 Å². The van der Waals surface area contributed by atoms with E-state index in [0.29, 0.717) is 0 Å². The van der Waals surface area contributed by atoms with Crippen LogP contribution in [0.3, 0.4) is 0 Å². The fraction of sp³-hybridized carbons (Fsp3) is 0.400. The second-order valence-corrected chi connectivity index (χ2v) is 3.59. The summed E-state index contributed by atoms with van der Waals surface area (Å²) in [6.45, 7) is 0.178. The van der Waals surface area contributed by atoms with Gasteiger partial charge in [0.15, 0.2) is 11.6 Å². The van der Waals surface area contributed by atoms with Gasteiger partial charge in [0.25, 0.3) is 0 Å². The molecule has 0 saturated carbocycles. The number of benzene rings is 1. The normalized spacial score (nSPS) is 12.6. The van der Waals surface area contributed by atoms with Crippen molar-refractivity contribution in [3.05, 3.63) is 28.3 Å².